The van der Waals surface area contributed by atoms with Crippen LogP contribution < -0.4 is 0 Å². The van der Waals surface area contributed by atoms with Gasteiger partial charge in [-0.15, -0.1) is 0 Å². The summed E-state index contributed by atoms with van der Waals surface area (Å²) in [7, 11) is 0. The fraction of sp³-hybridized carbons (Fsp3) is 1.00. The SMILES string of the molecule is CC(C)C12CC3CC(C1)CC(C(C)(C)O)(C3)C2. The summed E-state index contributed by atoms with van der Waals surface area (Å²) >= 11 is 0. The summed E-state index contributed by atoms with van der Waals surface area (Å²) in [5, 5.41) is 10.7. The summed E-state index contributed by atoms with van der Waals surface area (Å²) < 4.78 is 0. The minimum atomic E-state index is -0.481. The molecule has 0 aliphatic heterocycles. The molecule has 4 aliphatic carbocycles. The van der Waals surface area contributed by atoms with Crippen molar-refractivity contribution >= 4 is 0 Å². The van der Waals surface area contributed by atoms with Crippen LogP contribution in [0.25, 0.3) is 0 Å². The summed E-state index contributed by atoms with van der Waals surface area (Å²) in [6, 6.07) is 0. The highest BCUT2D eigenvalue weighted by Crippen LogP contribution is 2.69. The van der Waals surface area contributed by atoms with Crippen LogP contribution in [0.15, 0.2) is 0 Å². The quantitative estimate of drug-likeness (QED) is 0.768. The van der Waals surface area contributed by atoms with E-state index in [0.717, 1.165) is 17.8 Å². The third-order valence-corrected chi connectivity index (χ3v) is 6.63. The molecule has 0 aromatic rings. The van der Waals surface area contributed by atoms with Gasteiger partial charge >= 0.3 is 0 Å². The van der Waals surface area contributed by atoms with Gasteiger partial charge in [-0.05, 0) is 81.0 Å². The lowest BCUT2D eigenvalue weighted by Crippen LogP contribution is -2.60. The van der Waals surface area contributed by atoms with Crippen LogP contribution in [-0.2, 0) is 0 Å². The monoisotopic (exact) mass is 236 g/mol. The normalized spacial score (nSPS) is 49.1. The molecule has 2 atom stereocenters. The fourth-order valence-corrected chi connectivity index (χ4v) is 5.72. The van der Waals surface area contributed by atoms with Crippen molar-refractivity contribution in [2.45, 2.75) is 71.8 Å². The summed E-state index contributed by atoms with van der Waals surface area (Å²) in [6.45, 7) is 8.94. The minimum Gasteiger partial charge on any atom is -0.390 e. The van der Waals surface area contributed by atoms with E-state index in [9.17, 15) is 5.11 Å². The van der Waals surface area contributed by atoms with Crippen LogP contribution in [0, 0.1) is 28.6 Å². The van der Waals surface area contributed by atoms with Crippen molar-refractivity contribution < 1.29 is 5.11 Å². The van der Waals surface area contributed by atoms with Gasteiger partial charge in [-0.1, -0.05) is 13.8 Å². The van der Waals surface area contributed by atoms with Crippen molar-refractivity contribution in [2.24, 2.45) is 28.6 Å². The second-order valence-corrected chi connectivity index (χ2v) is 8.32. The van der Waals surface area contributed by atoms with Crippen LogP contribution in [0.5, 0.6) is 0 Å². The van der Waals surface area contributed by atoms with Gasteiger partial charge in [0.1, 0.15) is 0 Å². The standard InChI is InChI=1S/C16H28O/c1-11(2)15-6-12-5-13(7-15)9-16(8-12,10-15)14(3,4)17/h11-13,17H,5-10H2,1-4H3. The molecule has 0 spiro atoms. The van der Waals surface area contributed by atoms with Gasteiger partial charge in [0, 0.05) is 0 Å². The number of hydrogen-bond donors (Lipinski definition) is 1. The summed E-state index contributed by atoms with van der Waals surface area (Å²) in [5.74, 6) is 2.60. The average molecular weight is 236 g/mol. The minimum absolute atomic E-state index is 0.237. The average Bonchev–Trinajstić information content (AvgIpc) is 2.13. The third-order valence-electron chi connectivity index (χ3n) is 6.63. The van der Waals surface area contributed by atoms with E-state index in [2.05, 4.69) is 27.7 Å². The molecule has 17 heavy (non-hydrogen) atoms. The van der Waals surface area contributed by atoms with Crippen molar-refractivity contribution in [3.8, 4) is 0 Å². The van der Waals surface area contributed by atoms with Crippen molar-refractivity contribution in [3.05, 3.63) is 0 Å². The largest absolute Gasteiger partial charge is 0.390 e. The molecule has 4 bridgehead atoms. The zero-order chi connectivity index (χ0) is 12.5. The van der Waals surface area contributed by atoms with Gasteiger partial charge in [-0.25, -0.2) is 0 Å². The van der Waals surface area contributed by atoms with E-state index in [1.807, 2.05) is 0 Å². The van der Waals surface area contributed by atoms with E-state index < -0.39 is 5.60 Å². The van der Waals surface area contributed by atoms with E-state index in [1.165, 1.54) is 38.5 Å². The maximum atomic E-state index is 10.7. The molecule has 0 aromatic carbocycles. The maximum Gasteiger partial charge on any atom is 0.0648 e. The second kappa shape index (κ2) is 3.29. The Morgan fingerprint density at radius 1 is 1.06 bits per heavy atom. The highest BCUT2D eigenvalue weighted by Gasteiger charge is 2.62. The van der Waals surface area contributed by atoms with Crippen molar-refractivity contribution in [2.75, 3.05) is 0 Å². The molecule has 1 heteroatoms. The molecular weight excluding hydrogens is 208 g/mol. The van der Waals surface area contributed by atoms with Gasteiger partial charge in [0.05, 0.1) is 5.60 Å². The van der Waals surface area contributed by atoms with Crippen LogP contribution >= 0.6 is 0 Å². The van der Waals surface area contributed by atoms with Gasteiger partial charge in [-0.2, -0.15) is 0 Å². The Hall–Kier alpha value is -0.0400. The smallest absolute Gasteiger partial charge is 0.0648 e. The Morgan fingerprint density at radius 3 is 2.00 bits per heavy atom. The molecule has 0 saturated heterocycles. The first-order valence-corrected chi connectivity index (χ1v) is 7.49. The van der Waals surface area contributed by atoms with Gasteiger partial charge in [0.15, 0.2) is 0 Å². The van der Waals surface area contributed by atoms with E-state index in [4.69, 9.17) is 0 Å². The summed E-state index contributed by atoms with van der Waals surface area (Å²) in [6.07, 6.45) is 8.21. The molecule has 4 saturated carbocycles. The van der Waals surface area contributed by atoms with E-state index in [-0.39, 0.29) is 5.41 Å². The highest BCUT2D eigenvalue weighted by atomic mass is 16.3. The topological polar surface area (TPSA) is 20.2 Å². The third kappa shape index (κ3) is 1.54. The number of hydrogen-bond acceptors (Lipinski definition) is 1. The lowest BCUT2D eigenvalue weighted by Gasteiger charge is -2.66. The molecule has 0 radical (unpaired) electrons. The molecule has 4 aliphatic rings. The molecule has 4 fully saturated rings. The van der Waals surface area contributed by atoms with E-state index >= 15 is 0 Å². The molecule has 4 rings (SSSR count). The van der Waals surface area contributed by atoms with Gasteiger partial charge in [-0.3, -0.25) is 0 Å². The lowest BCUT2D eigenvalue weighted by atomic mass is 9.39. The van der Waals surface area contributed by atoms with Gasteiger partial charge < -0.3 is 5.11 Å². The first kappa shape index (κ1) is 12.0. The van der Waals surface area contributed by atoms with E-state index in [1.54, 1.807) is 0 Å². The van der Waals surface area contributed by atoms with Crippen molar-refractivity contribution in [1.29, 1.82) is 0 Å². The fourth-order valence-electron chi connectivity index (χ4n) is 5.72. The first-order valence-electron chi connectivity index (χ1n) is 7.49. The maximum absolute atomic E-state index is 10.7. The molecule has 0 aromatic heterocycles. The van der Waals surface area contributed by atoms with Crippen LogP contribution in [0.1, 0.15) is 66.2 Å². The highest BCUT2D eigenvalue weighted by molar-refractivity contribution is 5.12. The summed E-state index contributed by atoms with van der Waals surface area (Å²) in [5.41, 5.74) is 0.316. The molecule has 1 nitrogen and oxygen atoms in total. The Labute approximate surface area is 106 Å². The van der Waals surface area contributed by atoms with Crippen molar-refractivity contribution in [1.82, 2.24) is 0 Å². The van der Waals surface area contributed by atoms with Crippen molar-refractivity contribution in [3.63, 3.8) is 0 Å². The lowest BCUT2D eigenvalue weighted by molar-refractivity contribution is -0.203. The summed E-state index contributed by atoms with van der Waals surface area (Å²) in [4.78, 5) is 0. The molecule has 1 N–H and O–H groups in total. The Kier molecular flexibility index (Phi) is 2.32. The number of rotatable bonds is 2. The predicted octanol–water partition coefficient (Wildman–Crippen LogP) is 4.00. The Balaban J connectivity index is 2.00. The van der Waals surface area contributed by atoms with Crippen LogP contribution in [0.2, 0.25) is 0 Å². The van der Waals surface area contributed by atoms with E-state index in [0.29, 0.717) is 5.41 Å². The van der Waals surface area contributed by atoms with Gasteiger partial charge in [0.25, 0.3) is 0 Å². The Bertz CT molecular complexity index is 309. The zero-order valence-corrected chi connectivity index (χ0v) is 11.9. The molecule has 98 valence electrons. The van der Waals surface area contributed by atoms with Crippen LogP contribution in [-0.4, -0.2) is 10.7 Å². The molecular formula is C16H28O. The first-order chi connectivity index (χ1) is 7.76. The van der Waals surface area contributed by atoms with Gasteiger partial charge in [0.2, 0.25) is 0 Å². The zero-order valence-electron chi connectivity index (χ0n) is 11.9. The van der Waals surface area contributed by atoms with Crippen LogP contribution in [0.4, 0.5) is 0 Å². The predicted molar refractivity (Wildman–Crippen MR) is 70.7 cm³/mol. The molecule has 2 unspecified atom stereocenters. The second-order valence-electron chi connectivity index (χ2n) is 8.32. The Morgan fingerprint density at radius 2 is 1.59 bits per heavy atom. The van der Waals surface area contributed by atoms with Crippen LogP contribution in [0.3, 0.4) is 0 Å². The molecule has 0 heterocycles. The molecule has 0 amide bonds. The number of aliphatic hydroxyl groups is 1.